The number of nitrogens with zero attached hydrogens (tertiary/aromatic N) is 3. The summed E-state index contributed by atoms with van der Waals surface area (Å²) in [6.45, 7) is 6.03. The molecule has 2 rings (SSSR count). The lowest BCUT2D eigenvalue weighted by atomic mass is 10.2. The van der Waals surface area contributed by atoms with E-state index < -0.39 is 0 Å². The van der Waals surface area contributed by atoms with Crippen molar-refractivity contribution in [1.82, 2.24) is 14.7 Å². The molecule has 0 saturated carbocycles. The Morgan fingerprint density at radius 3 is 2.40 bits per heavy atom. The molecule has 1 heterocycles. The van der Waals surface area contributed by atoms with Gasteiger partial charge in [-0.2, -0.15) is 5.10 Å². The number of carbonyl (C=O) groups excluding carboxylic acids is 1. The third kappa shape index (κ3) is 3.04. The average molecular weight is 289 g/mol. The second-order valence-electron chi connectivity index (χ2n) is 5.05. The van der Waals surface area contributed by atoms with E-state index in [1.807, 2.05) is 43.7 Å². The van der Waals surface area contributed by atoms with E-state index in [1.165, 1.54) is 11.8 Å². The number of rotatable bonds is 2. The van der Waals surface area contributed by atoms with Crippen LogP contribution in [0.4, 0.5) is 4.79 Å². The molecular formula is C15H19N3OS. The van der Waals surface area contributed by atoms with Crippen LogP contribution in [0.5, 0.6) is 0 Å². The van der Waals surface area contributed by atoms with Crippen molar-refractivity contribution in [2.75, 3.05) is 14.1 Å². The highest BCUT2D eigenvalue weighted by Crippen LogP contribution is 2.26. The van der Waals surface area contributed by atoms with Crippen molar-refractivity contribution >= 4 is 17.0 Å². The zero-order valence-corrected chi connectivity index (χ0v) is 13.3. The summed E-state index contributed by atoms with van der Waals surface area (Å²) in [5.41, 5.74) is 4.21. The van der Waals surface area contributed by atoms with Crippen LogP contribution in [0.2, 0.25) is 0 Å². The monoisotopic (exact) mass is 289 g/mol. The number of benzene rings is 1. The Kier molecular flexibility index (Phi) is 4.18. The Balaban J connectivity index is 2.30. The van der Waals surface area contributed by atoms with Crippen LogP contribution in [0, 0.1) is 20.8 Å². The molecule has 1 aromatic carbocycles. The first-order chi connectivity index (χ1) is 9.38. The minimum Gasteiger partial charge on any atom is -0.339 e. The number of amides is 1. The first-order valence-electron chi connectivity index (χ1n) is 6.42. The summed E-state index contributed by atoms with van der Waals surface area (Å²) in [5.74, 6) is 0. The largest absolute Gasteiger partial charge is 0.339 e. The third-order valence-electron chi connectivity index (χ3n) is 2.98. The quantitative estimate of drug-likeness (QED) is 0.793. The molecule has 106 valence electrons. The topological polar surface area (TPSA) is 38.1 Å². The van der Waals surface area contributed by atoms with Gasteiger partial charge in [-0.05, 0) is 62.4 Å². The number of thioether (sulfide) groups is 1. The summed E-state index contributed by atoms with van der Waals surface area (Å²) in [4.78, 5) is 14.3. The second kappa shape index (κ2) is 5.71. The summed E-state index contributed by atoms with van der Waals surface area (Å²) in [6, 6.07) is 8.09. The first kappa shape index (κ1) is 14.7. The Bertz CT molecular complexity index is 647. The molecule has 0 aliphatic rings. The van der Waals surface area contributed by atoms with Gasteiger partial charge in [-0.15, -0.1) is 0 Å². The van der Waals surface area contributed by atoms with Gasteiger partial charge in [0, 0.05) is 24.7 Å². The van der Waals surface area contributed by atoms with E-state index in [0.29, 0.717) is 0 Å². The van der Waals surface area contributed by atoms with Gasteiger partial charge in [0.1, 0.15) is 0 Å². The lowest BCUT2D eigenvalue weighted by molar-refractivity contribution is 0.241. The predicted octanol–water partition coefficient (Wildman–Crippen LogP) is 3.57. The van der Waals surface area contributed by atoms with Crippen molar-refractivity contribution in [2.24, 2.45) is 0 Å². The Morgan fingerprint density at radius 2 is 1.90 bits per heavy atom. The minimum absolute atomic E-state index is 0.0342. The maximum absolute atomic E-state index is 11.7. The van der Waals surface area contributed by atoms with E-state index in [2.05, 4.69) is 11.2 Å². The van der Waals surface area contributed by atoms with Crippen LogP contribution in [0.15, 0.2) is 29.2 Å². The van der Waals surface area contributed by atoms with Crippen molar-refractivity contribution in [3.05, 3.63) is 41.2 Å². The van der Waals surface area contributed by atoms with Crippen LogP contribution in [0.1, 0.15) is 17.0 Å². The predicted molar refractivity (Wildman–Crippen MR) is 82.7 cm³/mol. The molecule has 1 aromatic heterocycles. The lowest BCUT2D eigenvalue weighted by Crippen LogP contribution is -2.16. The normalized spacial score (nSPS) is 10.7. The number of hydrogen-bond donors (Lipinski definition) is 0. The maximum Gasteiger partial charge on any atom is 0.285 e. The van der Waals surface area contributed by atoms with Crippen LogP contribution in [-0.4, -0.2) is 34.0 Å². The number of hydrogen-bond acceptors (Lipinski definition) is 3. The molecule has 0 aliphatic heterocycles. The fourth-order valence-corrected chi connectivity index (χ4v) is 2.68. The van der Waals surface area contributed by atoms with Gasteiger partial charge >= 0.3 is 0 Å². The van der Waals surface area contributed by atoms with Crippen molar-refractivity contribution in [1.29, 1.82) is 0 Å². The molecule has 0 bridgehead atoms. The Labute approximate surface area is 123 Å². The van der Waals surface area contributed by atoms with Gasteiger partial charge in [0.25, 0.3) is 5.24 Å². The lowest BCUT2D eigenvalue weighted by Gasteiger charge is -2.12. The molecule has 0 spiro atoms. The third-order valence-corrected chi connectivity index (χ3v) is 4.19. The molecule has 0 atom stereocenters. The van der Waals surface area contributed by atoms with Gasteiger partial charge in [0.15, 0.2) is 0 Å². The molecule has 1 amide bonds. The highest BCUT2D eigenvalue weighted by Gasteiger charge is 2.11. The number of aromatic nitrogens is 2. The smallest absolute Gasteiger partial charge is 0.285 e. The molecule has 0 N–H and O–H groups in total. The summed E-state index contributed by atoms with van der Waals surface area (Å²) in [6.07, 6.45) is 0. The molecule has 0 radical (unpaired) electrons. The van der Waals surface area contributed by atoms with E-state index in [0.717, 1.165) is 27.5 Å². The van der Waals surface area contributed by atoms with Gasteiger partial charge in [-0.1, -0.05) is 0 Å². The summed E-state index contributed by atoms with van der Waals surface area (Å²) in [5, 5.41) is 4.51. The Hall–Kier alpha value is -1.75. The molecule has 0 fully saturated rings. The van der Waals surface area contributed by atoms with E-state index in [4.69, 9.17) is 0 Å². The Morgan fingerprint density at radius 1 is 1.20 bits per heavy atom. The van der Waals surface area contributed by atoms with Gasteiger partial charge < -0.3 is 4.90 Å². The SMILES string of the molecule is Cc1cc(C)n(-c2ccc(SC(=O)N(C)C)c(C)c2)n1. The molecule has 2 aromatic rings. The van der Waals surface area contributed by atoms with E-state index in [9.17, 15) is 4.79 Å². The molecular weight excluding hydrogens is 270 g/mol. The van der Waals surface area contributed by atoms with Gasteiger partial charge in [0.05, 0.1) is 11.4 Å². The number of aryl methyl sites for hydroxylation is 3. The van der Waals surface area contributed by atoms with Crippen molar-refractivity contribution in [3.8, 4) is 5.69 Å². The summed E-state index contributed by atoms with van der Waals surface area (Å²) in [7, 11) is 3.52. The summed E-state index contributed by atoms with van der Waals surface area (Å²) < 4.78 is 1.92. The van der Waals surface area contributed by atoms with Gasteiger partial charge in [-0.25, -0.2) is 4.68 Å². The molecule has 0 unspecified atom stereocenters. The molecule has 20 heavy (non-hydrogen) atoms. The fourth-order valence-electron chi connectivity index (χ4n) is 1.96. The van der Waals surface area contributed by atoms with E-state index >= 15 is 0 Å². The van der Waals surface area contributed by atoms with Gasteiger partial charge in [-0.3, -0.25) is 4.79 Å². The fraction of sp³-hybridized carbons (Fsp3) is 0.333. The van der Waals surface area contributed by atoms with Crippen LogP contribution in [-0.2, 0) is 0 Å². The summed E-state index contributed by atoms with van der Waals surface area (Å²) >= 11 is 1.25. The zero-order valence-electron chi connectivity index (χ0n) is 12.5. The van der Waals surface area contributed by atoms with Crippen LogP contribution >= 0.6 is 11.8 Å². The molecule has 4 nitrogen and oxygen atoms in total. The molecule has 0 aliphatic carbocycles. The van der Waals surface area contributed by atoms with Crippen molar-refractivity contribution < 1.29 is 4.79 Å². The van der Waals surface area contributed by atoms with Gasteiger partial charge in [0.2, 0.25) is 0 Å². The highest BCUT2D eigenvalue weighted by atomic mass is 32.2. The highest BCUT2D eigenvalue weighted by molar-refractivity contribution is 8.13. The minimum atomic E-state index is 0.0342. The molecule has 5 heteroatoms. The van der Waals surface area contributed by atoms with Crippen LogP contribution in [0.25, 0.3) is 5.69 Å². The van der Waals surface area contributed by atoms with Crippen molar-refractivity contribution in [2.45, 2.75) is 25.7 Å². The van der Waals surface area contributed by atoms with E-state index in [1.54, 1.807) is 19.0 Å². The maximum atomic E-state index is 11.7. The molecule has 0 saturated heterocycles. The zero-order chi connectivity index (χ0) is 14.9. The number of carbonyl (C=O) groups is 1. The first-order valence-corrected chi connectivity index (χ1v) is 7.23. The standard InChI is InChI=1S/C15H19N3OS/c1-10-8-13(18-12(3)9-11(2)16-18)6-7-14(10)20-15(19)17(4)5/h6-9H,1-5H3. The van der Waals surface area contributed by atoms with Crippen molar-refractivity contribution in [3.63, 3.8) is 0 Å². The average Bonchev–Trinajstić information content (AvgIpc) is 2.70. The van der Waals surface area contributed by atoms with Crippen LogP contribution in [0.3, 0.4) is 0 Å². The second-order valence-corrected chi connectivity index (χ2v) is 6.04. The van der Waals surface area contributed by atoms with Crippen LogP contribution < -0.4 is 0 Å². The van der Waals surface area contributed by atoms with E-state index in [-0.39, 0.29) is 5.24 Å².